The van der Waals surface area contributed by atoms with Gasteiger partial charge in [-0.1, -0.05) is 0 Å². The molecule has 0 saturated heterocycles. The summed E-state index contributed by atoms with van der Waals surface area (Å²) in [4.78, 5) is 38.4. The van der Waals surface area contributed by atoms with Gasteiger partial charge in [0.1, 0.15) is 0 Å². The minimum absolute atomic E-state index is 0.119. The highest BCUT2D eigenvalue weighted by Crippen LogP contribution is 2.24. The first-order valence-electron chi connectivity index (χ1n) is 9.27. The molecular weight excluding hydrogens is 400 g/mol. The van der Waals surface area contributed by atoms with Crippen LogP contribution in [0.2, 0.25) is 0 Å². The number of hydrogen-bond acceptors (Lipinski definition) is 4. The summed E-state index contributed by atoms with van der Waals surface area (Å²) in [6.45, 7) is 5.42. The van der Waals surface area contributed by atoms with Crippen molar-refractivity contribution in [1.29, 1.82) is 0 Å². The minimum atomic E-state index is -1.21. The van der Waals surface area contributed by atoms with E-state index in [1.807, 2.05) is 19.9 Å². The van der Waals surface area contributed by atoms with Crippen LogP contribution in [0, 0.1) is 20.8 Å². The number of hydrogen-bond donors (Lipinski definition) is 3. The summed E-state index contributed by atoms with van der Waals surface area (Å²) in [5, 5.41) is 27.8. The Labute approximate surface area is 177 Å². The van der Waals surface area contributed by atoms with Crippen LogP contribution in [0.5, 0.6) is 0 Å². The number of aromatic nitrogens is 1. The first-order valence-corrected chi connectivity index (χ1v) is 9.27. The third-order valence-electron chi connectivity index (χ3n) is 4.93. The van der Waals surface area contributed by atoms with E-state index in [-0.39, 0.29) is 16.7 Å². The molecule has 0 unspecified atom stereocenters. The van der Waals surface area contributed by atoms with Crippen LogP contribution in [0.1, 0.15) is 53.6 Å². The van der Waals surface area contributed by atoms with Crippen molar-refractivity contribution in [3.63, 3.8) is 0 Å². The van der Waals surface area contributed by atoms with E-state index in [9.17, 15) is 24.6 Å². The normalized spacial score (nSPS) is 11.1. The van der Waals surface area contributed by atoms with Crippen LogP contribution in [-0.4, -0.2) is 44.0 Å². The van der Waals surface area contributed by atoms with E-state index in [1.165, 1.54) is 18.2 Å². The molecule has 0 fully saturated rings. The van der Waals surface area contributed by atoms with Gasteiger partial charge in [0.25, 0.3) is 0 Å². The van der Waals surface area contributed by atoms with Crippen molar-refractivity contribution in [2.24, 2.45) is 4.99 Å². The summed E-state index contributed by atoms with van der Waals surface area (Å²) < 4.78 is 1.76. The molecule has 3 N–H and O–H groups in total. The molecule has 0 saturated carbocycles. The van der Waals surface area contributed by atoms with Gasteiger partial charge in [-0.15, -0.1) is 0 Å². The van der Waals surface area contributed by atoms with Crippen LogP contribution in [0.15, 0.2) is 47.5 Å². The van der Waals surface area contributed by atoms with Gasteiger partial charge in [0.2, 0.25) is 0 Å². The largest absolute Gasteiger partial charge is 0.478 e. The zero-order valence-corrected chi connectivity index (χ0v) is 17.1. The number of nitrogens with zero attached hydrogens (tertiary/aromatic N) is 2. The van der Waals surface area contributed by atoms with Crippen molar-refractivity contribution >= 4 is 29.8 Å². The number of aromatic carboxylic acids is 3. The predicted octanol–water partition coefficient (Wildman–Crippen LogP) is 4.25. The Bertz CT molecular complexity index is 1220. The molecule has 1 aromatic heterocycles. The Balaban J connectivity index is 2.04. The van der Waals surface area contributed by atoms with Crippen molar-refractivity contribution in [1.82, 2.24) is 4.57 Å². The number of aliphatic imine (C=N–C) groups is 1. The highest BCUT2D eigenvalue weighted by molar-refractivity contribution is 5.95. The summed E-state index contributed by atoms with van der Waals surface area (Å²) in [5.74, 6) is -3.44. The third kappa shape index (κ3) is 4.37. The van der Waals surface area contributed by atoms with E-state index in [1.54, 1.807) is 29.8 Å². The average Bonchev–Trinajstić information content (AvgIpc) is 2.99. The molecule has 2 aromatic carbocycles. The molecule has 0 radical (unpaired) electrons. The Morgan fingerprint density at radius 3 is 1.90 bits per heavy atom. The van der Waals surface area contributed by atoms with Gasteiger partial charge in [-0.25, -0.2) is 14.4 Å². The second-order valence-electron chi connectivity index (χ2n) is 7.11. The lowest BCUT2D eigenvalue weighted by Crippen LogP contribution is -2.07. The third-order valence-corrected chi connectivity index (χ3v) is 4.93. The number of aryl methyl sites for hydroxylation is 2. The van der Waals surface area contributed by atoms with Crippen LogP contribution in [0.4, 0.5) is 5.69 Å². The molecule has 3 aromatic rings. The second-order valence-corrected chi connectivity index (χ2v) is 7.11. The Kier molecular flexibility index (Phi) is 5.74. The van der Waals surface area contributed by atoms with E-state index < -0.39 is 17.9 Å². The SMILES string of the molecule is Cc1cc(C(=O)O)ccc1N=Cc1cc(C)n(-c2cc(C(=O)O)cc(C(=O)O)c2)c1C. The predicted molar refractivity (Wildman–Crippen MR) is 115 cm³/mol. The van der Waals surface area contributed by atoms with Crippen LogP contribution in [0.25, 0.3) is 5.69 Å². The summed E-state index contributed by atoms with van der Waals surface area (Å²) in [6, 6.07) is 10.5. The number of benzene rings is 2. The van der Waals surface area contributed by atoms with Gasteiger partial charge < -0.3 is 19.9 Å². The Morgan fingerprint density at radius 2 is 1.39 bits per heavy atom. The van der Waals surface area contributed by atoms with Gasteiger partial charge in [-0.3, -0.25) is 4.99 Å². The molecule has 0 aliphatic heterocycles. The molecule has 158 valence electrons. The monoisotopic (exact) mass is 420 g/mol. The highest BCUT2D eigenvalue weighted by Gasteiger charge is 2.16. The Hall–Kier alpha value is -4.20. The quantitative estimate of drug-likeness (QED) is 0.511. The molecule has 1 heterocycles. The molecular formula is C23H20N2O6. The Morgan fingerprint density at radius 1 is 0.806 bits per heavy atom. The first-order chi connectivity index (χ1) is 14.6. The summed E-state index contributed by atoms with van der Waals surface area (Å²) in [5.41, 5.74) is 3.99. The van der Waals surface area contributed by atoms with E-state index in [2.05, 4.69) is 4.99 Å². The fraction of sp³-hybridized carbons (Fsp3) is 0.130. The van der Waals surface area contributed by atoms with Gasteiger partial charge in [0.05, 0.1) is 22.4 Å². The lowest BCUT2D eigenvalue weighted by atomic mass is 10.1. The molecule has 0 spiro atoms. The maximum Gasteiger partial charge on any atom is 0.335 e. The fourth-order valence-electron chi connectivity index (χ4n) is 3.38. The van der Waals surface area contributed by atoms with Crippen molar-refractivity contribution in [2.75, 3.05) is 0 Å². The highest BCUT2D eigenvalue weighted by atomic mass is 16.4. The number of carboxylic acid groups (broad SMARTS) is 3. The van der Waals surface area contributed by atoms with Crippen molar-refractivity contribution in [2.45, 2.75) is 20.8 Å². The zero-order valence-electron chi connectivity index (χ0n) is 17.1. The first kappa shape index (κ1) is 21.5. The summed E-state index contributed by atoms with van der Waals surface area (Å²) >= 11 is 0. The van der Waals surface area contributed by atoms with Crippen LogP contribution in [0.3, 0.4) is 0 Å². The smallest absolute Gasteiger partial charge is 0.335 e. The number of carbonyl (C=O) groups is 3. The van der Waals surface area contributed by atoms with Crippen molar-refractivity contribution in [3.05, 3.63) is 81.7 Å². The number of rotatable bonds is 6. The van der Waals surface area contributed by atoms with Gasteiger partial charge in [-0.05, 0) is 68.8 Å². The maximum atomic E-state index is 11.4. The van der Waals surface area contributed by atoms with E-state index >= 15 is 0 Å². The zero-order chi connectivity index (χ0) is 22.9. The summed E-state index contributed by atoms with van der Waals surface area (Å²) in [6.07, 6.45) is 1.64. The fourth-order valence-corrected chi connectivity index (χ4v) is 3.38. The van der Waals surface area contributed by atoms with E-state index in [0.29, 0.717) is 16.9 Å². The minimum Gasteiger partial charge on any atom is -0.478 e. The molecule has 0 bridgehead atoms. The lowest BCUT2D eigenvalue weighted by molar-refractivity contribution is 0.0682. The molecule has 0 amide bonds. The van der Waals surface area contributed by atoms with Gasteiger partial charge in [0, 0.05) is 28.9 Å². The summed E-state index contributed by atoms with van der Waals surface area (Å²) in [7, 11) is 0. The van der Waals surface area contributed by atoms with E-state index in [0.717, 1.165) is 23.0 Å². The standard InChI is InChI=1S/C23H20N2O6/c1-12-6-15(21(26)27)4-5-20(12)24-11-18-7-13(2)25(14(18)3)19-9-16(22(28)29)8-17(10-19)23(30)31/h4-11H,1-3H3,(H,26,27)(H,28,29)(H,30,31). The number of carboxylic acids is 3. The molecule has 0 atom stereocenters. The molecule has 8 heteroatoms. The van der Waals surface area contributed by atoms with Crippen LogP contribution < -0.4 is 0 Å². The molecule has 0 aliphatic carbocycles. The van der Waals surface area contributed by atoms with Gasteiger partial charge in [0.15, 0.2) is 0 Å². The van der Waals surface area contributed by atoms with Gasteiger partial charge in [-0.2, -0.15) is 0 Å². The molecule has 3 rings (SSSR count). The van der Waals surface area contributed by atoms with E-state index in [4.69, 9.17) is 5.11 Å². The second kappa shape index (κ2) is 8.27. The van der Waals surface area contributed by atoms with Crippen LogP contribution >= 0.6 is 0 Å². The maximum absolute atomic E-state index is 11.4. The van der Waals surface area contributed by atoms with Gasteiger partial charge >= 0.3 is 17.9 Å². The molecule has 8 nitrogen and oxygen atoms in total. The lowest BCUT2D eigenvalue weighted by Gasteiger charge is -2.12. The molecule has 0 aliphatic rings. The topological polar surface area (TPSA) is 129 Å². The van der Waals surface area contributed by atoms with Crippen LogP contribution in [-0.2, 0) is 0 Å². The molecule has 31 heavy (non-hydrogen) atoms. The average molecular weight is 420 g/mol. The van der Waals surface area contributed by atoms with Crippen molar-refractivity contribution < 1.29 is 29.7 Å². The van der Waals surface area contributed by atoms with Crippen molar-refractivity contribution in [3.8, 4) is 5.69 Å².